The molecule has 0 saturated carbocycles. The first-order chi connectivity index (χ1) is 5.88. The van der Waals surface area contributed by atoms with Crippen molar-refractivity contribution in [3.8, 4) is 0 Å². The van der Waals surface area contributed by atoms with Crippen LogP contribution < -0.4 is 5.32 Å². The fourth-order valence-electron chi connectivity index (χ4n) is 1.46. The Morgan fingerprint density at radius 3 is 2.42 bits per heavy atom. The topological polar surface area (TPSA) is 32.3 Å². The average molecular weight is 163 g/mol. The molecule has 0 bridgehead atoms. The van der Waals surface area contributed by atoms with Gasteiger partial charge in [-0.2, -0.15) is 0 Å². The van der Waals surface area contributed by atoms with Gasteiger partial charge in [-0.15, -0.1) is 0 Å². The number of hydrogen-bond acceptors (Lipinski definition) is 2. The minimum Gasteiger partial charge on any atom is -0.388 e. The van der Waals surface area contributed by atoms with Crippen LogP contribution in [0.3, 0.4) is 0 Å². The largest absolute Gasteiger partial charge is 0.388 e. The summed E-state index contributed by atoms with van der Waals surface area (Å²) in [5.74, 6) is 0.410. The number of nitrogens with one attached hydrogen (secondary N) is 1. The smallest absolute Gasteiger partial charge is 0.0842 e. The number of rotatable bonds is 2. The summed E-state index contributed by atoms with van der Waals surface area (Å²) in [6.45, 7) is 1.88. The second kappa shape index (κ2) is 3.25. The minimum absolute atomic E-state index is 0.285. The van der Waals surface area contributed by atoms with Crippen LogP contribution in [0, 0.1) is 5.92 Å². The van der Waals surface area contributed by atoms with Gasteiger partial charge in [-0.05, 0) is 5.56 Å². The summed E-state index contributed by atoms with van der Waals surface area (Å²) in [7, 11) is 0. The van der Waals surface area contributed by atoms with E-state index in [1.807, 2.05) is 30.3 Å². The predicted octanol–water partition coefficient (Wildman–Crippen LogP) is 0.939. The molecule has 12 heavy (non-hydrogen) atoms. The third-order valence-electron chi connectivity index (χ3n) is 2.40. The molecule has 0 unspecified atom stereocenters. The number of benzene rings is 1. The van der Waals surface area contributed by atoms with Gasteiger partial charge in [0.1, 0.15) is 0 Å². The van der Waals surface area contributed by atoms with E-state index in [1.54, 1.807) is 0 Å². The zero-order valence-electron chi connectivity index (χ0n) is 6.90. The van der Waals surface area contributed by atoms with Crippen LogP contribution in [0.2, 0.25) is 0 Å². The highest BCUT2D eigenvalue weighted by Gasteiger charge is 2.25. The van der Waals surface area contributed by atoms with Crippen molar-refractivity contribution < 1.29 is 5.11 Å². The van der Waals surface area contributed by atoms with Crippen LogP contribution in [-0.2, 0) is 0 Å². The highest BCUT2D eigenvalue weighted by molar-refractivity contribution is 5.18. The molecule has 2 heteroatoms. The van der Waals surface area contributed by atoms with Gasteiger partial charge in [0, 0.05) is 19.0 Å². The van der Waals surface area contributed by atoms with Crippen LogP contribution in [0.5, 0.6) is 0 Å². The third kappa shape index (κ3) is 1.36. The molecule has 0 aromatic heterocycles. The fourth-order valence-corrected chi connectivity index (χ4v) is 1.46. The first kappa shape index (κ1) is 7.77. The molecule has 0 spiro atoms. The molecule has 0 amide bonds. The van der Waals surface area contributed by atoms with Crippen molar-refractivity contribution >= 4 is 0 Å². The third-order valence-corrected chi connectivity index (χ3v) is 2.40. The van der Waals surface area contributed by atoms with Gasteiger partial charge in [-0.3, -0.25) is 0 Å². The van der Waals surface area contributed by atoms with E-state index in [-0.39, 0.29) is 6.10 Å². The lowest BCUT2D eigenvalue weighted by atomic mass is 9.91. The number of aliphatic hydroxyl groups excluding tert-OH is 1. The summed E-state index contributed by atoms with van der Waals surface area (Å²) in [5.41, 5.74) is 1.03. The van der Waals surface area contributed by atoms with E-state index < -0.39 is 0 Å². The molecular formula is C10H13NO. The molecule has 1 fully saturated rings. The zero-order chi connectivity index (χ0) is 8.39. The van der Waals surface area contributed by atoms with Crippen LogP contribution in [0.25, 0.3) is 0 Å². The molecule has 1 aromatic rings. The van der Waals surface area contributed by atoms with Crippen molar-refractivity contribution in [3.05, 3.63) is 35.9 Å². The maximum Gasteiger partial charge on any atom is 0.0842 e. The lowest BCUT2D eigenvalue weighted by molar-refractivity contribution is 0.0767. The van der Waals surface area contributed by atoms with Gasteiger partial charge >= 0.3 is 0 Å². The van der Waals surface area contributed by atoms with E-state index in [4.69, 9.17) is 0 Å². The highest BCUT2D eigenvalue weighted by Crippen LogP contribution is 2.24. The standard InChI is InChI=1S/C10H13NO/c12-10(9-6-11-7-9)8-4-2-1-3-5-8/h1-5,9-12H,6-7H2/t10-/m1/s1. The Labute approximate surface area is 72.2 Å². The predicted molar refractivity (Wildman–Crippen MR) is 47.8 cm³/mol. The Morgan fingerprint density at radius 2 is 1.92 bits per heavy atom. The van der Waals surface area contributed by atoms with Crippen LogP contribution in [0.4, 0.5) is 0 Å². The molecule has 1 aliphatic heterocycles. The Kier molecular flexibility index (Phi) is 2.11. The van der Waals surface area contributed by atoms with Crippen molar-refractivity contribution in [1.29, 1.82) is 0 Å². The Balaban J connectivity index is 2.08. The van der Waals surface area contributed by atoms with E-state index in [1.165, 1.54) is 0 Å². The summed E-state index contributed by atoms with van der Waals surface area (Å²) >= 11 is 0. The molecule has 64 valence electrons. The maximum atomic E-state index is 9.80. The normalized spacial score (nSPS) is 20.1. The molecular weight excluding hydrogens is 150 g/mol. The second-order valence-corrected chi connectivity index (χ2v) is 3.27. The number of aliphatic hydroxyl groups is 1. The van der Waals surface area contributed by atoms with E-state index in [9.17, 15) is 5.11 Å². The molecule has 1 aromatic carbocycles. The van der Waals surface area contributed by atoms with Gasteiger partial charge in [-0.25, -0.2) is 0 Å². The first-order valence-electron chi connectivity index (χ1n) is 4.31. The summed E-state index contributed by atoms with van der Waals surface area (Å²) < 4.78 is 0. The van der Waals surface area contributed by atoms with Crippen LogP contribution in [-0.4, -0.2) is 18.2 Å². The van der Waals surface area contributed by atoms with Gasteiger partial charge in [0.15, 0.2) is 0 Å². The fraction of sp³-hybridized carbons (Fsp3) is 0.400. The summed E-state index contributed by atoms with van der Waals surface area (Å²) in [6, 6.07) is 9.84. The average Bonchev–Trinajstić information content (AvgIpc) is 2.03. The van der Waals surface area contributed by atoms with E-state index >= 15 is 0 Å². The summed E-state index contributed by atoms with van der Waals surface area (Å²) in [4.78, 5) is 0. The van der Waals surface area contributed by atoms with Gasteiger partial charge in [0.05, 0.1) is 6.10 Å². The van der Waals surface area contributed by atoms with E-state index in [0.29, 0.717) is 5.92 Å². The molecule has 1 heterocycles. The van der Waals surface area contributed by atoms with Crippen molar-refractivity contribution in [2.75, 3.05) is 13.1 Å². The van der Waals surface area contributed by atoms with Gasteiger partial charge < -0.3 is 10.4 Å². The highest BCUT2D eigenvalue weighted by atomic mass is 16.3. The monoisotopic (exact) mass is 163 g/mol. The Morgan fingerprint density at radius 1 is 1.25 bits per heavy atom. The molecule has 1 aliphatic rings. The van der Waals surface area contributed by atoms with Crippen LogP contribution in [0.15, 0.2) is 30.3 Å². The van der Waals surface area contributed by atoms with Gasteiger partial charge in [0.2, 0.25) is 0 Å². The molecule has 1 saturated heterocycles. The van der Waals surface area contributed by atoms with E-state index in [2.05, 4.69) is 5.32 Å². The lowest BCUT2D eigenvalue weighted by Crippen LogP contribution is -2.45. The summed E-state index contributed by atoms with van der Waals surface area (Å²) in [6.07, 6.45) is -0.285. The zero-order valence-corrected chi connectivity index (χ0v) is 6.90. The van der Waals surface area contributed by atoms with Crippen molar-refractivity contribution in [2.24, 2.45) is 5.92 Å². The molecule has 2 nitrogen and oxygen atoms in total. The SMILES string of the molecule is O[C@H](c1ccccc1)C1CNC1. The maximum absolute atomic E-state index is 9.80. The van der Waals surface area contributed by atoms with Crippen molar-refractivity contribution in [2.45, 2.75) is 6.10 Å². The van der Waals surface area contributed by atoms with Crippen LogP contribution >= 0.6 is 0 Å². The second-order valence-electron chi connectivity index (χ2n) is 3.27. The van der Waals surface area contributed by atoms with Crippen molar-refractivity contribution in [1.82, 2.24) is 5.32 Å². The van der Waals surface area contributed by atoms with Crippen LogP contribution in [0.1, 0.15) is 11.7 Å². The summed E-state index contributed by atoms with van der Waals surface area (Å²) in [5, 5.41) is 13.0. The quantitative estimate of drug-likeness (QED) is 0.680. The minimum atomic E-state index is -0.285. The van der Waals surface area contributed by atoms with Gasteiger partial charge in [0.25, 0.3) is 0 Å². The van der Waals surface area contributed by atoms with Gasteiger partial charge in [-0.1, -0.05) is 30.3 Å². The molecule has 2 rings (SSSR count). The van der Waals surface area contributed by atoms with Crippen molar-refractivity contribution in [3.63, 3.8) is 0 Å². The molecule has 1 atom stereocenters. The molecule has 0 aliphatic carbocycles. The number of hydrogen-bond donors (Lipinski definition) is 2. The Hall–Kier alpha value is -0.860. The molecule has 2 N–H and O–H groups in total. The molecule has 0 radical (unpaired) electrons. The lowest BCUT2D eigenvalue weighted by Gasteiger charge is -2.31. The van der Waals surface area contributed by atoms with E-state index in [0.717, 1.165) is 18.7 Å². The first-order valence-corrected chi connectivity index (χ1v) is 4.31. The Bertz CT molecular complexity index is 243.